The molecule has 1 aliphatic carbocycles. The SMILES string of the molecule is CCN(c1ccc(N=C2C=C(OCCO)C(=N)C=C2N)cc1)C(C)C.Cl. The molecule has 0 spiro atoms. The second kappa shape index (κ2) is 9.99. The Morgan fingerprint density at radius 2 is 1.88 bits per heavy atom. The van der Waals surface area contributed by atoms with Crippen LogP contribution in [-0.2, 0) is 4.74 Å². The van der Waals surface area contributed by atoms with Crippen LogP contribution in [0.2, 0.25) is 0 Å². The van der Waals surface area contributed by atoms with Crippen molar-refractivity contribution in [3.8, 4) is 0 Å². The molecule has 0 heterocycles. The average Bonchev–Trinajstić information content (AvgIpc) is 2.58. The summed E-state index contributed by atoms with van der Waals surface area (Å²) in [6, 6.07) is 8.41. The molecule has 142 valence electrons. The molecule has 0 bridgehead atoms. The van der Waals surface area contributed by atoms with Crippen molar-refractivity contribution < 1.29 is 9.84 Å². The molecule has 0 fully saturated rings. The van der Waals surface area contributed by atoms with E-state index in [-0.39, 0.29) is 31.3 Å². The minimum absolute atomic E-state index is 0. The van der Waals surface area contributed by atoms with E-state index in [1.165, 1.54) is 6.08 Å². The summed E-state index contributed by atoms with van der Waals surface area (Å²) in [4.78, 5) is 6.85. The molecule has 0 aromatic heterocycles. The zero-order valence-corrected chi connectivity index (χ0v) is 16.2. The lowest BCUT2D eigenvalue weighted by molar-refractivity contribution is 0.156. The van der Waals surface area contributed by atoms with Crippen LogP contribution in [0.5, 0.6) is 0 Å². The molecule has 0 radical (unpaired) electrons. The van der Waals surface area contributed by atoms with Crippen molar-refractivity contribution in [2.24, 2.45) is 10.7 Å². The Balaban J connectivity index is 0.00000338. The summed E-state index contributed by atoms with van der Waals surface area (Å²) in [6.45, 7) is 7.43. The number of aliphatic hydroxyl groups is 1. The number of rotatable bonds is 7. The summed E-state index contributed by atoms with van der Waals surface area (Å²) < 4.78 is 5.35. The number of nitrogens with zero attached hydrogens (tertiary/aromatic N) is 2. The summed E-state index contributed by atoms with van der Waals surface area (Å²) in [5, 5.41) is 16.7. The minimum Gasteiger partial charge on any atom is -0.489 e. The van der Waals surface area contributed by atoms with Crippen molar-refractivity contribution in [2.45, 2.75) is 26.8 Å². The molecule has 0 amide bonds. The third-order valence-electron chi connectivity index (χ3n) is 3.87. The van der Waals surface area contributed by atoms with Gasteiger partial charge in [-0.3, -0.25) is 5.41 Å². The molecule has 0 aliphatic heterocycles. The quantitative estimate of drug-likeness (QED) is 0.635. The van der Waals surface area contributed by atoms with E-state index in [4.69, 9.17) is 21.0 Å². The van der Waals surface area contributed by atoms with Gasteiger partial charge in [0.25, 0.3) is 0 Å². The highest BCUT2D eigenvalue weighted by atomic mass is 35.5. The minimum atomic E-state index is -0.110. The summed E-state index contributed by atoms with van der Waals surface area (Å²) in [5.41, 5.74) is 9.05. The number of nitrogens with two attached hydrogens (primary N) is 1. The van der Waals surface area contributed by atoms with E-state index in [1.54, 1.807) is 6.08 Å². The van der Waals surface area contributed by atoms with Gasteiger partial charge in [-0.15, -0.1) is 12.4 Å². The summed E-state index contributed by atoms with van der Waals surface area (Å²) >= 11 is 0. The fraction of sp³-hybridized carbons (Fsp3) is 0.368. The van der Waals surface area contributed by atoms with Crippen LogP contribution in [0.15, 0.2) is 52.9 Å². The third kappa shape index (κ3) is 5.34. The van der Waals surface area contributed by atoms with Gasteiger partial charge in [0.2, 0.25) is 0 Å². The van der Waals surface area contributed by atoms with Gasteiger partial charge < -0.3 is 20.5 Å². The maximum absolute atomic E-state index is 8.87. The molecule has 7 heteroatoms. The zero-order valence-electron chi connectivity index (χ0n) is 15.4. The number of allylic oxidation sites excluding steroid dienone is 2. The number of halogens is 1. The monoisotopic (exact) mass is 378 g/mol. The molecule has 2 rings (SSSR count). The Kier molecular flexibility index (Phi) is 8.35. The Bertz CT molecular complexity index is 709. The highest BCUT2D eigenvalue weighted by molar-refractivity contribution is 6.22. The largest absolute Gasteiger partial charge is 0.489 e. The Hall–Kier alpha value is -2.31. The highest BCUT2D eigenvalue weighted by Gasteiger charge is 2.15. The van der Waals surface area contributed by atoms with E-state index in [9.17, 15) is 0 Å². The van der Waals surface area contributed by atoms with E-state index >= 15 is 0 Å². The average molecular weight is 379 g/mol. The lowest BCUT2D eigenvalue weighted by Crippen LogP contribution is -2.30. The number of nitrogens with one attached hydrogen (secondary N) is 1. The van der Waals surface area contributed by atoms with Gasteiger partial charge in [-0.2, -0.15) is 0 Å². The van der Waals surface area contributed by atoms with Gasteiger partial charge in [0.15, 0.2) is 0 Å². The Morgan fingerprint density at radius 3 is 2.42 bits per heavy atom. The zero-order chi connectivity index (χ0) is 18.4. The Morgan fingerprint density at radius 1 is 1.23 bits per heavy atom. The first-order valence-corrected chi connectivity index (χ1v) is 8.43. The molecule has 26 heavy (non-hydrogen) atoms. The Labute approximate surface area is 161 Å². The number of hydrogen-bond acceptors (Lipinski definition) is 6. The van der Waals surface area contributed by atoms with Gasteiger partial charge in [0.05, 0.1) is 29.4 Å². The number of aliphatic hydroxyl groups excluding tert-OH is 1. The number of anilines is 1. The smallest absolute Gasteiger partial charge is 0.146 e. The second-order valence-electron chi connectivity index (χ2n) is 5.99. The summed E-state index contributed by atoms with van der Waals surface area (Å²) in [7, 11) is 0. The van der Waals surface area contributed by atoms with Crippen molar-refractivity contribution in [3.63, 3.8) is 0 Å². The number of aliphatic imine (C=N–C) groups is 1. The fourth-order valence-corrected chi connectivity index (χ4v) is 2.66. The topological polar surface area (TPSA) is 94.9 Å². The van der Waals surface area contributed by atoms with Crippen LogP contribution in [0.4, 0.5) is 11.4 Å². The van der Waals surface area contributed by atoms with E-state index in [1.807, 2.05) is 24.3 Å². The van der Waals surface area contributed by atoms with Crippen molar-refractivity contribution in [3.05, 3.63) is 47.9 Å². The third-order valence-corrected chi connectivity index (χ3v) is 3.87. The first kappa shape index (κ1) is 21.7. The second-order valence-corrected chi connectivity index (χ2v) is 5.99. The first-order chi connectivity index (χ1) is 12.0. The molecule has 1 aromatic carbocycles. The van der Waals surface area contributed by atoms with Crippen LogP contribution in [-0.4, -0.2) is 42.3 Å². The molecule has 0 unspecified atom stereocenters. The predicted molar refractivity (Wildman–Crippen MR) is 110 cm³/mol. The van der Waals surface area contributed by atoms with Crippen molar-refractivity contribution in [1.82, 2.24) is 0 Å². The summed E-state index contributed by atoms with van der Waals surface area (Å²) in [6.07, 6.45) is 3.14. The van der Waals surface area contributed by atoms with E-state index < -0.39 is 0 Å². The van der Waals surface area contributed by atoms with Gasteiger partial charge >= 0.3 is 0 Å². The van der Waals surface area contributed by atoms with E-state index in [0.717, 1.165) is 17.9 Å². The molecule has 4 N–H and O–H groups in total. The molecule has 1 aromatic rings. The van der Waals surface area contributed by atoms with Gasteiger partial charge in [-0.05, 0) is 51.1 Å². The first-order valence-electron chi connectivity index (χ1n) is 8.43. The van der Waals surface area contributed by atoms with Gasteiger partial charge in [0.1, 0.15) is 12.4 Å². The predicted octanol–water partition coefficient (Wildman–Crippen LogP) is 3.18. The maximum atomic E-state index is 8.87. The molecule has 1 aliphatic rings. The normalized spacial score (nSPS) is 15.4. The van der Waals surface area contributed by atoms with Gasteiger partial charge in [-0.1, -0.05) is 0 Å². The van der Waals surface area contributed by atoms with Crippen molar-refractivity contribution >= 4 is 35.2 Å². The lowest BCUT2D eigenvalue weighted by atomic mass is 10.1. The van der Waals surface area contributed by atoms with Crippen LogP contribution >= 0.6 is 12.4 Å². The standard InChI is InChI=1S/C19H26N4O2.ClH/c1-4-23(13(2)3)15-7-5-14(6-8-15)22-18-12-19(25-10-9-24)17(21)11-16(18)20;/h5-8,11-13,21,24H,4,9-10,20H2,1-3H3;1H. The molecular weight excluding hydrogens is 352 g/mol. The highest BCUT2D eigenvalue weighted by Crippen LogP contribution is 2.23. The molecular formula is C19H27ClN4O2. The fourth-order valence-electron chi connectivity index (χ4n) is 2.66. The number of hydrogen-bond donors (Lipinski definition) is 3. The van der Waals surface area contributed by atoms with Crippen molar-refractivity contribution in [2.75, 3.05) is 24.7 Å². The van der Waals surface area contributed by atoms with Crippen LogP contribution < -0.4 is 10.6 Å². The van der Waals surface area contributed by atoms with Gasteiger partial charge in [-0.25, -0.2) is 4.99 Å². The van der Waals surface area contributed by atoms with Crippen LogP contribution in [0.25, 0.3) is 0 Å². The van der Waals surface area contributed by atoms with Crippen LogP contribution in [0, 0.1) is 5.41 Å². The molecule has 6 nitrogen and oxygen atoms in total. The van der Waals surface area contributed by atoms with E-state index in [2.05, 4.69) is 30.7 Å². The summed E-state index contributed by atoms with van der Waals surface area (Å²) in [5.74, 6) is 0.357. The van der Waals surface area contributed by atoms with Gasteiger partial charge in [0, 0.05) is 24.4 Å². The molecule has 0 saturated heterocycles. The lowest BCUT2D eigenvalue weighted by Gasteiger charge is -2.27. The van der Waals surface area contributed by atoms with E-state index in [0.29, 0.717) is 23.2 Å². The van der Waals surface area contributed by atoms with Crippen LogP contribution in [0.1, 0.15) is 20.8 Å². The van der Waals surface area contributed by atoms with Crippen molar-refractivity contribution in [1.29, 1.82) is 5.41 Å². The maximum Gasteiger partial charge on any atom is 0.146 e. The molecule has 0 atom stereocenters. The number of ether oxygens (including phenoxy) is 1. The molecule has 0 saturated carbocycles. The number of benzene rings is 1. The van der Waals surface area contributed by atoms with Crippen LogP contribution in [0.3, 0.4) is 0 Å².